The number of benzene rings is 1. The molecule has 1 aromatic carbocycles. The molecule has 1 aromatic rings. The van der Waals surface area contributed by atoms with Crippen molar-refractivity contribution in [3.05, 3.63) is 35.1 Å². The lowest BCUT2D eigenvalue weighted by atomic mass is 9.84. The number of ether oxygens (including phenoxy) is 1. The zero-order valence-corrected chi connectivity index (χ0v) is 14.4. The normalized spacial score (nSPS) is 28.4. The number of hydrogen-bond donors (Lipinski definition) is 0. The molecule has 0 N–H and O–H groups in total. The first kappa shape index (κ1) is 16.4. The van der Waals surface area contributed by atoms with Crippen molar-refractivity contribution in [2.75, 3.05) is 19.7 Å². The molecule has 3 heterocycles. The van der Waals surface area contributed by atoms with Gasteiger partial charge in [-0.3, -0.25) is 9.69 Å². The van der Waals surface area contributed by atoms with Gasteiger partial charge < -0.3 is 9.64 Å². The highest BCUT2D eigenvalue weighted by Gasteiger charge is 2.44. The summed E-state index contributed by atoms with van der Waals surface area (Å²) >= 11 is 0. The number of cyclic esters (lactones) is 1. The molecule has 2 bridgehead atoms. The van der Waals surface area contributed by atoms with Crippen LogP contribution in [0.25, 0.3) is 0 Å². The Kier molecular flexibility index (Phi) is 4.13. The Morgan fingerprint density at radius 2 is 2.00 bits per heavy atom. The number of fused-ring (bicyclic) bond motifs is 2. The number of halogens is 1. The van der Waals surface area contributed by atoms with Crippen molar-refractivity contribution >= 4 is 12.0 Å². The van der Waals surface area contributed by atoms with E-state index in [0.717, 1.165) is 25.7 Å². The van der Waals surface area contributed by atoms with Gasteiger partial charge in [-0.05, 0) is 55.7 Å². The van der Waals surface area contributed by atoms with Crippen LogP contribution in [0.4, 0.5) is 9.18 Å². The fourth-order valence-electron chi connectivity index (χ4n) is 4.59. The van der Waals surface area contributed by atoms with E-state index in [4.69, 9.17) is 4.74 Å². The van der Waals surface area contributed by atoms with Gasteiger partial charge >= 0.3 is 6.09 Å². The summed E-state index contributed by atoms with van der Waals surface area (Å²) in [4.78, 5) is 27.8. The third-order valence-electron chi connectivity index (χ3n) is 5.85. The van der Waals surface area contributed by atoms with E-state index in [1.54, 1.807) is 13.0 Å². The molecule has 6 heteroatoms. The number of nitrogens with zero attached hydrogens (tertiary/aromatic N) is 2. The van der Waals surface area contributed by atoms with Crippen LogP contribution in [0.5, 0.6) is 0 Å². The van der Waals surface area contributed by atoms with E-state index in [1.165, 1.54) is 10.5 Å². The summed E-state index contributed by atoms with van der Waals surface area (Å²) in [6, 6.07) is 5.81. The van der Waals surface area contributed by atoms with E-state index in [2.05, 4.69) is 0 Å². The maximum absolute atomic E-state index is 13.5. The summed E-state index contributed by atoms with van der Waals surface area (Å²) in [7, 11) is 0. The van der Waals surface area contributed by atoms with Crippen molar-refractivity contribution in [2.24, 2.45) is 0 Å². The highest BCUT2D eigenvalue weighted by atomic mass is 19.1. The minimum atomic E-state index is -0.391. The topological polar surface area (TPSA) is 49.9 Å². The molecule has 4 rings (SSSR count). The molecule has 0 aliphatic carbocycles. The van der Waals surface area contributed by atoms with Crippen molar-refractivity contribution in [1.29, 1.82) is 0 Å². The smallest absolute Gasteiger partial charge is 0.410 e. The number of carbonyl (C=O) groups excluding carboxylic acids is 2. The van der Waals surface area contributed by atoms with Gasteiger partial charge in [0.2, 0.25) is 5.91 Å². The summed E-state index contributed by atoms with van der Waals surface area (Å²) in [5, 5.41) is 0. The molecule has 1 unspecified atom stereocenters. The van der Waals surface area contributed by atoms with Crippen molar-refractivity contribution in [3.63, 3.8) is 0 Å². The predicted octanol–water partition coefficient (Wildman–Crippen LogP) is 2.82. The van der Waals surface area contributed by atoms with E-state index in [0.29, 0.717) is 24.6 Å². The first-order valence-electron chi connectivity index (χ1n) is 9.02. The van der Waals surface area contributed by atoms with E-state index >= 15 is 0 Å². The Bertz CT molecular complexity index is 694. The largest absolute Gasteiger partial charge is 0.448 e. The lowest BCUT2D eigenvalue weighted by molar-refractivity contribution is -0.136. The van der Waals surface area contributed by atoms with Crippen LogP contribution in [0.2, 0.25) is 0 Å². The lowest BCUT2D eigenvalue weighted by Crippen LogP contribution is -2.50. The second kappa shape index (κ2) is 6.32. The van der Waals surface area contributed by atoms with Gasteiger partial charge in [-0.2, -0.15) is 0 Å². The van der Waals surface area contributed by atoms with Crippen LogP contribution in [-0.2, 0) is 9.53 Å². The molecule has 0 aromatic heterocycles. The minimum Gasteiger partial charge on any atom is -0.448 e. The number of piperidine rings is 1. The molecule has 0 radical (unpaired) electrons. The molecule has 2 amide bonds. The summed E-state index contributed by atoms with van der Waals surface area (Å²) < 4.78 is 18.4. The Morgan fingerprint density at radius 1 is 1.28 bits per heavy atom. The first-order valence-corrected chi connectivity index (χ1v) is 9.02. The average molecular weight is 346 g/mol. The second-order valence-electron chi connectivity index (χ2n) is 7.40. The van der Waals surface area contributed by atoms with Gasteiger partial charge in [-0.1, -0.05) is 12.1 Å². The summed E-state index contributed by atoms with van der Waals surface area (Å²) in [5.41, 5.74) is 1.85. The highest BCUT2D eigenvalue weighted by Crippen LogP contribution is 2.43. The zero-order valence-electron chi connectivity index (χ0n) is 14.4. The van der Waals surface area contributed by atoms with E-state index in [-0.39, 0.29) is 30.4 Å². The molecule has 134 valence electrons. The quantitative estimate of drug-likeness (QED) is 0.846. The fourth-order valence-corrected chi connectivity index (χ4v) is 4.59. The fraction of sp³-hybridized carbons (Fsp3) is 0.579. The molecule has 3 aliphatic heterocycles. The van der Waals surface area contributed by atoms with Crippen molar-refractivity contribution in [2.45, 2.75) is 50.6 Å². The van der Waals surface area contributed by atoms with Crippen LogP contribution >= 0.6 is 0 Å². The highest BCUT2D eigenvalue weighted by molar-refractivity contribution is 5.83. The lowest BCUT2D eigenvalue weighted by Gasteiger charge is -2.39. The summed E-state index contributed by atoms with van der Waals surface area (Å²) in [6.07, 6.45) is 3.46. The average Bonchev–Trinajstić information content (AvgIpc) is 3.10. The maximum Gasteiger partial charge on any atom is 0.410 e. The van der Waals surface area contributed by atoms with E-state index < -0.39 is 6.09 Å². The van der Waals surface area contributed by atoms with Gasteiger partial charge in [0.25, 0.3) is 0 Å². The monoisotopic (exact) mass is 346 g/mol. The number of hydrogen-bond acceptors (Lipinski definition) is 3. The molecule has 3 aliphatic rings. The Balaban J connectivity index is 1.45. The molecule has 25 heavy (non-hydrogen) atoms. The molecule has 0 spiro atoms. The van der Waals surface area contributed by atoms with Crippen LogP contribution in [0.3, 0.4) is 0 Å². The van der Waals surface area contributed by atoms with Crippen molar-refractivity contribution in [1.82, 2.24) is 9.80 Å². The van der Waals surface area contributed by atoms with Crippen LogP contribution in [0, 0.1) is 12.7 Å². The van der Waals surface area contributed by atoms with Gasteiger partial charge in [0.1, 0.15) is 19.0 Å². The van der Waals surface area contributed by atoms with Crippen LogP contribution in [0.15, 0.2) is 18.2 Å². The van der Waals surface area contributed by atoms with Gasteiger partial charge in [-0.15, -0.1) is 0 Å². The van der Waals surface area contributed by atoms with Gasteiger partial charge in [0, 0.05) is 12.1 Å². The summed E-state index contributed by atoms with van der Waals surface area (Å²) in [5.74, 6) is 0.231. The number of rotatable bonds is 3. The Morgan fingerprint density at radius 3 is 2.60 bits per heavy atom. The Hall–Kier alpha value is -2.11. The molecular weight excluding hydrogens is 323 g/mol. The van der Waals surface area contributed by atoms with E-state index in [1.807, 2.05) is 17.0 Å². The summed E-state index contributed by atoms with van der Waals surface area (Å²) in [6.45, 7) is 2.77. The molecule has 3 saturated heterocycles. The zero-order chi connectivity index (χ0) is 17.6. The standard InChI is InChI=1S/C19H23FN2O3/c1-12-8-13(2-5-17(12)20)14-9-15-3-4-16(10-14)22(15)18(23)11-21-6-7-25-19(21)24/h2,5,8,14-16H,3-4,6-7,9-11H2,1H3/t14?,15-,16+. The van der Waals surface area contributed by atoms with Crippen LogP contribution < -0.4 is 0 Å². The number of aryl methyl sites for hydroxylation is 1. The predicted molar refractivity (Wildman–Crippen MR) is 89.7 cm³/mol. The van der Waals surface area contributed by atoms with Gasteiger partial charge in [-0.25, -0.2) is 9.18 Å². The minimum absolute atomic E-state index is 0.0279. The molecule has 5 nitrogen and oxygen atoms in total. The second-order valence-corrected chi connectivity index (χ2v) is 7.40. The number of carbonyl (C=O) groups is 2. The SMILES string of the molecule is Cc1cc(C2C[C@H]3CC[C@@H](C2)N3C(=O)CN2CCOC2=O)ccc1F. The van der Waals surface area contributed by atoms with Gasteiger partial charge in [0.15, 0.2) is 0 Å². The molecule has 3 atom stereocenters. The van der Waals surface area contributed by atoms with E-state index in [9.17, 15) is 14.0 Å². The molecule has 3 fully saturated rings. The first-order chi connectivity index (χ1) is 12.0. The van der Waals surface area contributed by atoms with Crippen LogP contribution in [0.1, 0.15) is 42.7 Å². The maximum atomic E-state index is 13.5. The Labute approximate surface area is 146 Å². The third-order valence-corrected chi connectivity index (χ3v) is 5.85. The van der Waals surface area contributed by atoms with Crippen molar-refractivity contribution in [3.8, 4) is 0 Å². The van der Waals surface area contributed by atoms with Crippen molar-refractivity contribution < 1.29 is 18.7 Å². The third kappa shape index (κ3) is 2.98. The molecule has 0 saturated carbocycles. The molecular formula is C19H23FN2O3. The van der Waals surface area contributed by atoms with Gasteiger partial charge in [0.05, 0.1) is 6.54 Å². The van der Waals surface area contributed by atoms with Crippen LogP contribution in [-0.4, -0.2) is 53.6 Å². The number of amides is 2.